The standard InChI is InChI=1S/C43H50N4O2/c1-5-8-11-14-31-34-21-23-36(44-34)32(15-12-9-6-2)38-25-27-40(46-38)42(29-17-19-30(20-18-29)43(48)49-4)41-28-26-39(47-41)33(16-13-10-7-3)37-24-22-35(31)45-37/h17-28,46-47H,5-16H2,1-4H3. The molecule has 0 fully saturated rings. The Labute approximate surface area is 290 Å². The van der Waals surface area contributed by atoms with E-state index in [-0.39, 0.29) is 5.97 Å². The van der Waals surface area contributed by atoms with Crippen LogP contribution in [-0.2, 0) is 24.0 Å². The number of carbonyl (C=O) groups excluding carboxylic acids is 1. The number of unbranched alkanes of at least 4 members (excludes halogenated alkanes) is 6. The van der Waals surface area contributed by atoms with Gasteiger partial charge in [-0.1, -0.05) is 71.4 Å². The summed E-state index contributed by atoms with van der Waals surface area (Å²) in [7, 11) is 1.41. The molecule has 0 spiro atoms. The topological polar surface area (TPSA) is 83.7 Å². The summed E-state index contributed by atoms with van der Waals surface area (Å²) in [6.07, 6.45) is 22.0. The van der Waals surface area contributed by atoms with E-state index in [2.05, 4.69) is 79.3 Å². The fraction of sp³-hybridized carbons (Fsp3) is 0.372. The monoisotopic (exact) mass is 654 g/mol. The maximum atomic E-state index is 12.3. The Kier molecular flexibility index (Phi) is 11.2. The molecular formula is C43H50N4O2. The van der Waals surface area contributed by atoms with Crippen LogP contribution in [0.5, 0.6) is 0 Å². The third-order valence-corrected chi connectivity index (χ3v) is 9.76. The van der Waals surface area contributed by atoms with Crippen molar-refractivity contribution in [3.63, 3.8) is 0 Å². The van der Waals surface area contributed by atoms with Crippen LogP contribution in [0.25, 0.3) is 57.5 Å². The van der Waals surface area contributed by atoms with Gasteiger partial charge in [0.15, 0.2) is 0 Å². The zero-order chi connectivity index (χ0) is 34.2. The average molecular weight is 655 g/mol. The molecule has 4 aromatic rings. The van der Waals surface area contributed by atoms with Crippen LogP contribution in [0.15, 0.2) is 48.5 Å². The van der Waals surface area contributed by atoms with Crippen molar-refractivity contribution >= 4 is 52.3 Å². The van der Waals surface area contributed by atoms with Gasteiger partial charge in [-0.3, -0.25) is 0 Å². The second kappa shape index (κ2) is 16.1. The van der Waals surface area contributed by atoms with Crippen LogP contribution < -0.4 is 0 Å². The number of hydrogen-bond acceptors (Lipinski definition) is 4. The summed E-state index contributed by atoms with van der Waals surface area (Å²) < 4.78 is 4.98. The van der Waals surface area contributed by atoms with E-state index in [1.807, 2.05) is 24.3 Å². The van der Waals surface area contributed by atoms with Crippen molar-refractivity contribution in [3.8, 4) is 11.1 Å². The van der Waals surface area contributed by atoms with Crippen molar-refractivity contribution in [1.82, 2.24) is 19.9 Å². The van der Waals surface area contributed by atoms with Gasteiger partial charge in [0, 0.05) is 44.3 Å². The molecule has 8 bridgehead atoms. The van der Waals surface area contributed by atoms with Crippen molar-refractivity contribution in [3.05, 3.63) is 93.6 Å². The Morgan fingerprint density at radius 1 is 0.551 bits per heavy atom. The highest BCUT2D eigenvalue weighted by Gasteiger charge is 2.17. The van der Waals surface area contributed by atoms with E-state index in [0.717, 1.165) is 107 Å². The van der Waals surface area contributed by atoms with Crippen LogP contribution in [0.3, 0.4) is 0 Å². The highest BCUT2D eigenvalue weighted by Crippen LogP contribution is 2.33. The summed E-state index contributed by atoms with van der Waals surface area (Å²) in [6, 6.07) is 16.5. The first-order valence-corrected chi connectivity index (χ1v) is 18.4. The number of H-pyrrole nitrogens is 2. The molecule has 1 aromatic carbocycles. The van der Waals surface area contributed by atoms with Gasteiger partial charge in [-0.05, 0) is 105 Å². The first-order chi connectivity index (χ1) is 24.0. The number of benzene rings is 1. The molecule has 2 N–H and O–H groups in total. The van der Waals surface area contributed by atoms with E-state index in [9.17, 15) is 4.79 Å². The zero-order valence-electron chi connectivity index (χ0n) is 29.6. The molecule has 6 rings (SSSR count). The normalized spacial score (nSPS) is 12.2. The van der Waals surface area contributed by atoms with Gasteiger partial charge in [-0.25, -0.2) is 14.8 Å². The minimum absolute atomic E-state index is 0.342. The third-order valence-electron chi connectivity index (χ3n) is 9.76. The van der Waals surface area contributed by atoms with E-state index in [4.69, 9.17) is 14.7 Å². The molecule has 0 amide bonds. The number of carbonyl (C=O) groups is 1. The summed E-state index contributed by atoms with van der Waals surface area (Å²) in [5.74, 6) is -0.342. The third kappa shape index (κ3) is 7.64. The van der Waals surface area contributed by atoms with E-state index in [1.54, 1.807) is 0 Å². The number of esters is 1. The largest absolute Gasteiger partial charge is 0.465 e. The molecule has 5 heterocycles. The summed E-state index contributed by atoms with van der Waals surface area (Å²) in [5, 5.41) is 0. The maximum absolute atomic E-state index is 12.3. The molecule has 0 saturated carbocycles. The second-order valence-electron chi connectivity index (χ2n) is 13.3. The van der Waals surface area contributed by atoms with Gasteiger partial charge in [0.2, 0.25) is 0 Å². The molecule has 6 nitrogen and oxygen atoms in total. The lowest BCUT2D eigenvalue weighted by atomic mass is 10.0. The Morgan fingerprint density at radius 3 is 1.39 bits per heavy atom. The molecule has 6 heteroatoms. The second-order valence-corrected chi connectivity index (χ2v) is 13.3. The van der Waals surface area contributed by atoms with Crippen LogP contribution in [0, 0.1) is 0 Å². The lowest BCUT2D eigenvalue weighted by molar-refractivity contribution is 0.0600. The van der Waals surface area contributed by atoms with Gasteiger partial charge in [0.05, 0.1) is 35.4 Å². The van der Waals surface area contributed by atoms with Gasteiger partial charge in [-0.2, -0.15) is 0 Å². The van der Waals surface area contributed by atoms with Gasteiger partial charge in [-0.15, -0.1) is 0 Å². The number of aryl methyl sites for hydroxylation is 2. The Hall–Kier alpha value is -4.71. The predicted octanol–water partition coefficient (Wildman–Crippen LogP) is 11.3. The van der Waals surface area contributed by atoms with Gasteiger partial charge >= 0.3 is 5.97 Å². The molecule has 2 aliphatic rings. The maximum Gasteiger partial charge on any atom is 0.337 e. The number of aromatic nitrogens is 4. The minimum atomic E-state index is -0.342. The number of nitrogens with zero attached hydrogens (tertiary/aromatic N) is 2. The van der Waals surface area contributed by atoms with Crippen molar-refractivity contribution in [2.24, 2.45) is 0 Å². The van der Waals surface area contributed by atoms with Crippen molar-refractivity contribution in [1.29, 1.82) is 0 Å². The molecule has 0 unspecified atom stereocenters. The molecule has 3 aromatic heterocycles. The number of methoxy groups -OCH3 is 1. The zero-order valence-corrected chi connectivity index (χ0v) is 29.6. The molecular weight excluding hydrogens is 604 g/mol. The molecule has 254 valence electrons. The summed E-state index contributed by atoms with van der Waals surface area (Å²) in [5.41, 5.74) is 14.6. The Bertz CT molecular complexity index is 1900. The predicted molar refractivity (Wildman–Crippen MR) is 205 cm³/mol. The Balaban J connectivity index is 1.68. The fourth-order valence-corrected chi connectivity index (χ4v) is 7.02. The number of rotatable bonds is 14. The quantitative estimate of drug-likeness (QED) is 0.0904. The molecule has 0 atom stereocenters. The molecule has 49 heavy (non-hydrogen) atoms. The van der Waals surface area contributed by atoms with E-state index in [1.165, 1.54) is 49.5 Å². The fourth-order valence-electron chi connectivity index (χ4n) is 7.02. The van der Waals surface area contributed by atoms with Crippen LogP contribution in [0.1, 0.15) is 128 Å². The van der Waals surface area contributed by atoms with Crippen molar-refractivity contribution in [2.75, 3.05) is 7.11 Å². The minimum Gasteiger partial charge on any atom is -0.465 e. The van der Waals surface area contributed by atoms with E-state index in [0.29, 0.717) is 5.56 Å². The number of ether oxygens (including phenoxy) is 1. The van der Waals surface area contributed by atoms with E-state index >= 15 is 0 Å². The lowest BCUT2D eigenvalue weighted by Gasteiger charge is -2.07. The number of aromatic amines is 2. The van der Waals surface area contributed by atoms with Gasteiger partial charge < -0.3 is 14.7 Å². The lowest BCUT2D eigenvalue weighted by Crippen LogP contribution is -2.00. The summed E-state index contributed by atoms with van der Waals surface area (Å²) >= 11 is 0. The molecule has 0 saturated heterocycles. The van der Waals surface area contributed by atoms with Crippen LogP contribution >= 0.6 is 0 Å². The molecule has 0 radical (unpaired) electrons. The highest BCUT2D eigenvalue weighted by atomic mass is 16.5. The van der Waals surface area contributed by atoms with Gasteiger partial charge in [0.25, 0.3) is 0 Å². The van der Waals surface area contributed by atoms with Crippen molar-refractivity contribution < 1.29 is 9.53 Å². The number of fused-ring (bicyclic) bond motifs is 8. The number of nitrogens with one attached hydrogen (secondary N) is 2. The molecule has 2 aliphatic heterocycles. The smallest absolute Gasteiger partial charge is 0.337 e. The van der Waals surface area contributed by atoms with E-state index < -0.39 is 0 Å². The first-order valence-electron chi connectivity index (χ1n) is 18.4. The summed E-state index contributed by atoms with van der Waals surface area (Å²) in [6.45, 7) is 6.75. The first kappa shape index (κ1) is 34.2. The number of hydrogen-bond donors (Lipinski definition) is 2. The van der Waals surface area contributed by atoms with Crippen LogP contribution in [-0.4, -0.2) is 33.0 Å². The van der Waals surface area contributed by atoms with Crippen LogP contribution in [0.4, 0.5) is 0 Å². The Morgan fingerprint density at radius 2 is 0.959 bits per heavy atom. The summed E-state index contributed by atoms with van der Waals surface area (Å²) in [4.78, 5) is 30.6. The molecule has 0 aliphatic carbocycles. The highest BCUT2D eigenvalue weighted by molar-refractivity contribution is 5.96. The SMILES string of the molecule is CCCCCc1c2nc(c(CCCCC)c3ccc([nH]3)c(-c3ccc(C(=O)OC)cc3)c3ccc([nH]3)c(CCCCC)c3nc1C=C3)C=C2. The average Bonchev–Trinajstić information content (AvgIpc) is 3.96. The van der Waals surface area contributed by atoms with Gasteiger partial charge in [0.1, 0.15) is 0 Å². The van der Waals surface area contributed by atoms with Crippen molar-refractivity contribution in [2.45, 2.75) is 97.8 Å². The van der Waals surface area contributed by atoms with Crippen LogP contribution in [0.2, 0.25) is 0 Å².